The van der Waals surface area contributed by atoms with Gasteiger partial charge in [-0.05, 0) is 19.8 Å². The number of hydrogen-bond donors (Lipinski definition) is 2. The number of nitrogens with one attached hydrogen (secondary N) is 2. The first kappa shape index (κ1) is 13.9. The predicted octanol–water partition coefficient (Wildman–Crippen LogP) is 3.45. The van der Waals surface area contributed by atoms with Crippen LogP contribution in [0, 0.1) is 6.92 Å². The summed E-state index contributed by atoms with van der Waals surface area (Å²) in [6.07, 6.45) is 7.50. The van der Waals surface area contributed by atoms with E-state index in [1.54, 1.807) is 6.20 Å². The SMILES string of the molecule is Cc1ccc(-c2[nH]ncc2C(=O)NC2CCCCC2)cc1. The van der Waals surface area contributed by atoms with Crippen LogP contribution < -0.4 is 5.32 Å². The molecular weight excluding hydrogens is 262 g/mol. The van der Waals surface area contributed by atoms with Crippen LogP contribution in [-0.2, 0) is 0 Å². The van der Waals surface area contributed by atoms with Crippen molar-refractivity contribution in [3.63, 3.8) is 0 Å². The third-order valence-corrected chi connectivity index (χ3v) is 4.16. The number of carbonyl (C=O) groups excluding carboxylic acids is 1. The topological polar surface area (TPSA) is 57.8 Å². The molecule has 1 aliphatic carbocycles. The zero-order valence-electron chi connectivity index (χ0n) is 12.4. The lowest BCUT2D eigenvalue weighted by Gasteiger charge is -2.22. The Labute approximate surface area is 125 Å². The second kappa shape index (κ2) is 6.12. The second-order valence-electron chi connectivity index (χ2n) is 5.83. The Morgan fingerprint density at radius 2 is 1.90 bits per heavy atom. The van der Waals surface area contributed by atoms with Gasteiger partial charge in [0.1, 0.15) is 0 Å². The molecule has 2 aromatic rings. The van der Waals surface area contributed by atoms with Crippen LogP contribution in [-0.4, -0.2) is 22.1 Å². The van der Waals surface area contributed by atoms with Crippen LogP contribution in [0.25, 0.3) is 11.3 Å². The number of aryl methyl sites for hydroxylation is 1. The summed E-state index contributed by atoms with van der Waals surface area (Å²) >= 11 is 0. The van der Waals surface area contributed by atoms with E-state index in [-0.39, 0.29) is 5.91 Å². The van der Waals surface area contributed by atoms with Crippen molar-refractivity contribution in [2.24, 2.45) is 0 Å². The van der Waals surface area contributed by atoms with Gasteiger partial charge >= 0.3 is 0 Å². The Bertz CT molecular complexity index is 609. The average molecular weight is 283 g/mol. The Morgan fingerprint density at radius 3 is 2.62 bits per heavy atom. The first-order chi connectivity index (χ1) is 10.2. The lowest BCUT2D eigenvalue weighted by Crippen LogP contribution is -2.36. The summed E-state index contributed by atoms with van der Waals surface area (Å²) in [5.41, 5.74) is 3.62. The van der Waals surface area contributed by atoms with E-state index in [9.17, 15) is 4.79 Å². The smallest absolute Gasteiger partial charge is 0.255 e. The summed E-state index contributed by atoms with van der Waals surface area (Å²) in [5.74, 6) is -0.0220. The number of rotatable bonds is 3. The maximum atomic E-state index is 12.5. The van der Waals surface area contributed by atoms with Crippen molar-refractivity contribution < 1.29 is 4.79 Å². The van der Waals surface area contributed by atoms with Crippen molar-refractivity contribution >= 4 is 5.91 Å². The molecule has 0 radical (unpaired) electrons. The van der Waals surface area contributed by atoms with E-state index in [4.69, 9.17) is 0 Å². The molecule has 1 fully saturated rings. The van der Waals surface area contributed by atoms with Gasteiger partial charge < -0.3 is 5.32 Å². The molecule has 0 unspecified atom stereocenters. The van der Waals surface area contributed by atoms with Gasteiger partial charge in [-0.2, -0.15) is 5.10 Å². The lowest BCUT2D eigenvalue weighted by atomic mass is 9.95. The zero-order valence-corrected chi connectivity index (χ0v) is 12.4. The van der Waals surface area contributed by atoms with Crippen LogP contribution >= 0.6 is 0 Å². The molecule has 1 aromatic carbocycles. The first-order valence-electron chi connectivity index (χ1n) is 7.65. The third kappa shape index (κ3) is 3.15. The molecule has 0 atom stereocenters. The van der Waals surface area contributed by atoms with E-state index in [1.807, 2.05) is 31.2 Å². The highest BCUT2D eigenvalue weighted by Gasteiger charge is 2.20. The van der Waals surface area contributed by atoms with E-state index in [0.29, 0.717) is 11.6 Å². The Balaban J connectivity index is 1.78. The Hall–Kier alpha value is -2.10. The molecule has 4 nitrogen and oxygen atoms in total. The van der Waals surface area contributed by atoms with Crippen molar-refractivity contribution in [1.82, 2.24) is 15.5 Å². The molecule has 4 heteroatoms. The summed E-state index contributed by atoms with van der Waals surface area (Å²) in [6.45, 7) is 2.05. The molecule has 1 heterocycles. The largest absolute Gasteiger partial charge is 0.349 e. The van der Waals surface area contributed by atoms with Crippen LogP contribution in [0.5, 0.6) is 0 Å². The summed E-state index contributed by atoms with van der Waals surface area (Å²) < 4.78 is 0. The number of amides is 1. The molecule has 1 saturated carbocycles. The number of carbonyl (C=O) groups is 1. The molecule has 0 spiro atoms. The average Bonchev–Trinajstić information content (AvgIpc) is 2.98. The number of benzene rings is 1. The number of H-pyrrole nitrogens is 1. The number of nitrogens with zero attached hydrogens (tertiary/aromatic N) is 1. The van der Waals surface area contributed by atoms with E-state index in [2.05, 4.69) is 15.5 Å². The normalized spacial score (nSPS) is 15.9. The van der Waals surface area contributed by atoms with Crippen molar-refractivity contribution in [1.29, 1.82) is 0 Å². The highest BCUT2D eigenvalue weighted by Crippen LogP contribution is 2.23. The number of aromatic nitrogens is 2. The second-order valence-corrected chi connectivity index (χ2v) is 5.83. The quantitative estimate of drug-likeness (QED) is 0.906. The van der Waals surface area contributed by atoms with Crippen molar-refractivity contribution in [3.8, 4) is 11.3 Å². The van der Waals surface area contributed by atoms with Crippen molar-refractivity contribution in [3.05, 3.63) is 41.6 Å². The monoisotopic (exact) mass is 283 g/mol. The van der Waals surface area contributed by atoms with E-state index in [0.717, 1.165) is 24.1 Å². The first-order valence-corrected chi connectivity index (χ1v) is 7.65. The molecule has 0 aliphatic heterocycles. The highest BCUT2D eigenvalue weighted by atomic mass is 16.1. The van der Waals surface area contributed by atoms with Gasteiger partial charge in [0.15, 0.2) is 0 Å². The van der Waals surface area contributed by atoms with E-state index >= 15 is 0 Å². The van der Waals surface area contributed by atoms with Gasteiger partial charge in [0.05, 0.1) is 17.5 Å². The Kier molecular flexibility index (Phi) is 4.04. The van der Waals surface area contributed by atoms with Gasteiger partial charge in [0.25, 0.3) is 5.91 Å². The van der Waals surface area contributed by atoms with Crippen molar-refractivity contribution in [2.75, 3.05) is 0 Å². The molecule has 1 amide bonds. The minimum absolute atomic E-state index is 0.0220. The van der Waals surface area contributed by atoms with Crippen LogP contribution in [0.3, 0.4) is 0 Å². The van der Waals surface area contributed by atoms with Crippen LogP contribution in [0.1, 0.15) is 48.0 Å². The number of aromatic amines is 1. The lowest BCUT2D eigenvalue weighted by molar-refractivity contribution is 0.0928. The fourth-order valence-corrected chi connectivity index (χ4v) is 2.91. The van der Waals surface area contributed by atoms with Gasteiger partial charge in [-0.15, -0.1) is 0 Å². The molecule has 1 aromatic heterocycles. The number of hydrogen-bond acceptors (Lipinski definition) is 2. The summed E-state index contributed by atoms with van der Waals surface area (Å²) in [6, 6.07) is 8.42. The Morgan fingerprint density at radius 1 is 1.19 bits per heavy atom. The third-order valence-electron chi connectivity index (χ3n) is 4.16. The highest BCUT2D eigenvalue weighted by molar-refractivity contribution is 5.99. The fraction of sp³-hybridized carbons (Fsp3) is 0.412. The zero-order chi connectivity index (χ0) is 14.7. The summed E-state index contributed by atoms with van der Waals surface area (Å²) in [5, 5.41) is 10.1. The van der Waals surface area contributed by atoms with E-state index in [1.165, 1.54) is 24.8 Å². The predicted molar refractivity (Wildman–Crippen MR) is 83.1 cm³/mol. The minimum Gasteiger partial charge on any atom is -0.349 e. The molecule has 1 aliphatic rings. The maximum absolute atomic E-state index is 12.5. The minimum atomic E-state index is -0.0220. The van der Waals surface area contributed by atoms with Gasteiger partial charge in [-0.3, -0.25) is 9.89 Å². The fourth-order valence-electron chi connectivity index (χ4n) is 2.91. The summed E-state index contributed by atoms with van der Waals surface area (Å²) in [7, 11) is 0. The molecule has 3 rings (SSSR count). The van der Waals surface area contributed by atoms with E-state index < -0.39 is 0 Å². The van der Waals surface area contributed by atoms with Crippen LogP contribution in [0.15, 0.2) is 30.5 Å². The molecule has 2 N–H and O–H groups in total. The van der Waals surface area contributed by atoms with Gasteiger partial charge in [0.2, 0.25) is 0 Å². The van der Waals surface area contributed by atoms with Crippen LogP contribution in [0.2, 0.25) is 0 Å². The van der Waals surface area contributed by atoms with Gasteiger partial charge in [0, 0.05) is 11.6 Å². The molecular formula is C17H21N3O. The molecule has 0 bridgehead atoms. The molecule has 21 heavy (non-hydrogen) atoms. The molecule has 110 valence electrons. The standard InChI is InChI=1S/C17H21N3O/c1-12-7-9-13(10-8-12)16-15(11-18-20-16)17(21)19-14-5-3-2-4-6-14/h7-11,14H,2-6H2,1H3,(H,18,20)(H,19,21). The maximum Gasteiger partial charge on any atom is 0.255 e. The summed E-state index contributed by atoms with van der Waals surface area (Å²) in [4.78, 5) is 12.5. The molecule has 0 saturated heterocycles. The van der Waals surface area contributed by atoms with Crippen LogP contribution in [0.4, 0.5) is 0 Å². The van der Waals surface area contributed by atoms with Crippen molar-refractivity contribution in [2.45, 2.75) is 45.1 Å². The van der Waals surface area contributed by atoms with Gasteiger partial charge in [-0.25, -0.2) is 0 Å². The van der Waals surface area contributed by atoms with Gasteiger partial charge in [-0.1, -0.05) is 49.1 Å².